The van der Waals surface area contributed by atoms with Crippen LogP contribution in [0.1, 0.15) is 10.4 Å². The van der Waals surface area contributed by atoms with Crippen molar-refractivity contribution in [2.45, 2.75) is 6.04 Å². The average Bonchev–Trinajstić information content (AvgIpc) is 2.70. The Morgan fingerprint density at radius 2 is 1.95 bits per heavy atom. The number of hydrogen-bond acceptors (Lipinski definition) is 5. The zero-order valence-electron chi connectivity index (χ0n) is 9.98. The first-order valence-electron chi connectivity index (χ1n) is 5.85. The minimum absolute atomic E-state index is 0.126. The fourth-order valence-corrected chi connectivity index (χ4v) is 2.18. The van der Waals surface area contributed by atoms with Crippen LogP contribution in [0.5, 0.6) is 0 Å². The summed E-state index contributed by atoms with van der Waals surface area (Å²) in [6.45, 7) is 0.498. The van der Waals surface area contributed by atoms with Gasteiger partial charge in [-0.2, -0.15) is 0 Å². The molecule has 0 aliphatic carbocycles. The van der Waals surface area contributed by atoms with Gasteiger partial charge in [0.25, 0.3) is 11.8 Å². The molecule has 2 aliphatic rings. The van der Waals surface area contributed by atoms with Crippen LogP contribution in [-0.4, -0.2) is 58.4 Å². The topological polar surface area (TPSA) is 79.8 Å². The van der Waals surface area contributed by atoms with Crippen molar-refractivity contribution in [1.29, 1.82) is 0 Å². The Balaban J connectivity index is 1.63. The van der Waals surface area contributed by atoms with E-state index >= 15 is 0 Å². The molecule has 1 aromatic heterocycles. The van der Waals surface area contributed by atoms with E-state index in [0.717, 1.165) is 4.90 Å². The summed E-state index contributed by atoms with van der Waals surface area (Å²) < 4.78 is 4.64. The number of cyclic esters (lactones) is 1. The lowest BCUT2D eigenvalue weighted by Gasteiger charge is -2.41. The van der Waals surface area contributed by atoms with Crippen LogP contribution in [0.15, 0.2) is 24.5 Å². The molecule has 0 unspecified atom stereocenters. The summed E-state index contributed by atoms with van der Waals surface area (Å²) in [5.41, 5.74) is 0.545. The SMILES string of the molecule is O=C(c1ccncc1)N1CC(N2C(=O)COC2=O)C1. The summed E-state index contributed by atoms with van der Waals surface area (Å²) >= 11 is 0. The van der Waals surface area contributed by atoms with E-state index in [1.807, 2.05) is 0 Å². The number of ether oxygens (including phenoxy) is 1. The molecule has 0 saturated carbocycles. The first-order valence-corrected chi connectivity index (χ1v) is 5.85. The van der Waals surface area contributed by atoms with Crippen molar-refractivity contribution in [1.82, 2.24) is 14.8 Å². The Labute approximate surface area is 108 Å². The zero-order valence-corrected chi connectivity index (χ0v) is 9.98. The molecule has 0 atom stereocenters. The second-order valence-electron chi connectivity index (χ2n) is 4.42. The fourth-order valence-electron chi connectivity index (χ4n) is 2.18. The normalized spacial score (nSPS) is 19.4. The number of carbonyl (C=O) groups is 3. The molecule has 0 spiro atoms. The van der Waals surface area contributed by atoms with Gasteiger partial charge in [-0.1, -0.05) is 0 Å². The predicted octanol–water partition coefficient (Wildman–Crippen LogP) is -0.115. The maximum atomic E-state index is 12.0. The largest absolute Gasteiger partial charge is 0.439 e. The summed E-state index contributed by atoms with van der Waals surface area (Å²) in [6.07, 6.45) is 2.48. The van der Waals surface area contributed by atoms with Gasteiger partial charge in [0.05, 0.1) is 6.04 Å². The van der Waals surface area contributed by atoms with Crippen LogP contribution in [0.25, 0.3) is 0 Å². The smallest absolute Gasteiger partial charge is 0.417 e. The van der Waals surface area contributed by atoms with E-state index in [0.29, 0.717) is 18.7 Å². The molecule has 3 rings (SSSR count). The van der Waals surface area contributed by atoms with Gasteiger partial charge in [-0.25, -0.2) is 9.69 Å². The van der Waals surface area contributed by atoms with E-state index < -0.39 is 6.09 Å². The maximum absolute atomic E-state index is 12.0. The molecular weight excluding hydrogens is 250 g/mol. The number of rotatable bonds is 2. The Morgan fingerprint density at radius 3 is 2.53 bits per heavy atom. The van der Waals surface area contributed by atoms with Gasteiger partial charge < -0.3 is 9.64 Å². The molecule has 2 saturated heterocycles. The van der Waals surface area contributed by atoms with Crippen molar-refractivity contribution in [3.05, 3.63) is 30.1 Å². The Bertz CT molecular complexity index is 523. The third-order valence-electron chi connectivity index (χ3n) is 3.23. The Kier molecular flexibility index (Phi) is 2.66. The third-order valence-corrected chi connectivity index (χ3v) is 3.23. The van der Waals surface area contributed by atoms with Gasteiger partial charge in [0.2, 0.25) is 0 Å². The molecule has 1 aromatic rings. The van der Waals surface area contributed by atoms with Gasteiger partial charge in [0.1, 0.15) is 0 Å². The number of hydrogen-bond donors (Lipinski definition) is 0. The highest BCUT2D eigenvalue weighted by Gasteiger charge is 2.44. The van der Waals surface area contributed by atoms with Crippen LogP contribution in [0, 0.1) is 0 Å². The summed E-state index contributed by atoms with van der Waals surface area (Å²) in [4.78, 5) is 41.3. The van der Waals surface area contributed by atoms with Crippen LogP contribution in [0.3, 0.4) is 0 Å². The third kappa shape index (κ3) is 1.92. The van der Waals surface area contributed by atoms with Crippen molar-refractivity contribution < 1.29 is 19.1 Å². The van der Waals surface area contributed by atoms with Gasteiger partial charge in [-0.3, -0.25) is 14.6 Å². The molecule has 3 amide bonds. The van der Waals surface area contributed by atoms with E-state index in [-0.39, 0.29) is 24.5 Å². The lowest BCUT2D eigenvalue weighted by molar-refractivity contribution is -0.129. The summed E-state index contributed by atoms with van der Waals surface area (Å²) in [5.74, 6) is -0.468. The Morgan fingerprint density at radius 1 is 1.26 bits per heavy atom. The molecule has 98 valence electrons. The monoisotopic (exact) mass is 261 g/mol. The number of pyridine rings is 1. The van der Waals surface area contributed by atoms with E-state index in [4.69, 9.17) is 0 Å². The number of nitrogens with zero attached hydrogens (tertiary/aromatic N) is 3. The zero-order chi connectivity index (χ0) is 13.4. The van der Waals surface area contributed by atoms with E-state index in [1.54, 1.807) is 29.4 Å². The number of likely N-dealkylation sites (tertiary alicyclic amines) is 1. The molecule has 19 heavy (non-hydrogen) atoms. The quantitative estimate of drug-likeness (QED) is 0.741. The average molecular weight is 261 g/mol. The lowest BCUT2D eigenvalue weighted by atomic mass is 10.1. The van der Waals surface area contributed by atoms with E-state index in [9.17, 15) is 14.4 Å². The first-order chi connectivity index (χ1) is 9.16. The van der Waals surface area contributed by atoms with Crippen molar-refractivity contribution in [3.8, 4) is 0 Å². The van der Waals surface area contributed by atoms with Crippen LogP contribution in [0.4, 0.5) is 4.79 Å². The van der Waals surface area contributed by atoms with Gasteiger partial charge in [-0.15, -0.1) is 0 Å². The number of aromatic nitrogens is 1. The number of carbonyl (C=O) groups excluding carboxylic acids is 3. The molecule has 3 heterocycles. The minimum Gasteiger partial charge on any atom is -0.439 e. The van der Waals surface area contributed by atoms with Gasteiger partial charge >= 0.3 is 6.09 Å². The van der Waals surface area contributed by atoms with Crippen molar-refractivity contribution >= 4 is 17.9 Å². The van der Waals surface area contributed by atoms with Crippen molar-refractivity contribution in [2.75, 3.05) is 19.7 Å². The van der Waals surface area contributed by atoms with Gasteiger partial charge in [-0.05, 0) is 12.1 Å². The molecule has 0 radical (unpaired) electrons. The Hall–Kier alpha value is -2.44. The summed E-state index contributed by atoms with van der Waals surface area (Å²) in [7, 11) is 0. The molecule has 0 bridgehead atoms. The van der Waals surface area contributed by atoms with Crippen LogP contribution in [0.2, 0.25) is 0 Å². The molecule has 0 N–H and O–H groups in total. The van der Waals surface area contributed by atoms with E-state index in [2.05, 4.69) is 9.72 Å². The molecular formula is C12H11N3O4. The van der Waals surface area contributed by atoms with Crippen molar-refractivity contribution in [2.24, 2.45) is 0 Å². The number of imide groups is 1. The van der Waals surface area contributed by atoms with Crippen molar-refractivity contribution in [3.63, 3.8) is 0 Å². The minimum atomic E-state index is -0.619. The molecule has 2 fully saturated rings. The molecule has 7 nitrogen and oxygen atoms in total. The van der Waals surface area contributed by atoms with Gasteiger partial charge in [0.15, 0.2) is 6.61 Å². The van der Waals surface area contributed by atoms with Crippen LogP contribution < -0.4 is 0 Å². The lowest BCUT2D eigenvalue weighted by Crippen LogP contribution is -2.62. The standard InChI is InChI=1S/C12H11N3O4/c16-10-7-19-12(18)15(10)9-5-14(6-9)11(17)8-1-3-13-4-2-8/h1-4,9H,5-7H2. The first kappa shape index (κ1) is 11.6. The summed E-state index contributed by atoms with van der Waals surface area (Å²) in [6, 6.07) is 2.99. The van der Waals surface area contributed by atoms with Crippen LogP contribution >= 0.6 is 0 Å². The maximum Gasteiger partial charge on any atom is 0.417 e. The number of amides is 3. The molecule has 0 aromatic carbocycles. The second kappa shape index (κ2) is 4.34. The fraction of sp³-hybridized carbons (Fsp3) is 0.333. The molecule has 7 heteroatoms. The highest BCUT2D eigenvalue weighted by atomic mass is 16.6. The van der Waals surface area contributed by atoms with E-state index in [1.165, 1.54) is 0 Å². The molecule has 2 aliphatic heterocycles. The highest BCUT2D eigenvalue weighted by molar-refractivity contribution is 5.99. The predicted molar refractivity (Wildman–Crippen MR) is 62.1 cm³/mol. The summed E-state index contributed by atoms with van der Waals surface area (Å²) in [5, 5.41) is 0. The van der Waals surface area contributed by atoms with Crippen LogP contribution in [-0.2, 0) is 9.53 Å². The second-order valence-corrected chi connectivity index (χ2v) is 4.42. The van der Waals surface area contributed by atoms with Gasteiger partial charge in [0, 0.05) is 31.0 Å². The highest BCUT2D eigenvalue weighted by Crippen LogP contribution is 2.21.